The molecule has 0 radical (unpaired) electrons. The predicted molar refractivity (Wildman–Crippen MR) is 59.9 cm³/mol. The summed E-state index contributed by atoms with van der Waals surface area (Å²) >= 11 is 1.48. The number of carbonyl (C=O) groups excluding carboxylic acids is 1. The van der Waals surface area contributed by atoms with E-state index in [0.717, 1.165) is 30.9 Å². The molecule has 5 heteroatoms. The Kier molecular flexibility index (Phi) is 3.02. The number of hydrogen-bond acceptors (Lipinski definition) is 4. The Morgan fingerprint density at radius 2 is 2.47 bits per heavy atom. The molecular formula is C10H15N3OS. The zero-order valence-electron chi connectivity index (χ0n) is 8.77. The van der Waals surface area contributed by atoms with Crippen LogP contribution < -0.4 is 5.73 Å². The van der Waals surface area contributed by atoms with Crippen LogP contribution in [0.25, 0.3) is 0 Å². The van der Waals surface area contributed by atoms with Crippen molar-refractivity contribution in [3.63, 3.8) is 0 Å². The topological polar surface area (TPSA) is 59.2 Å². The molecule has 0 bridgehead atoms. The van der Waals surface area contributed by atoms with Crippen molar-refractivity contribution in [3.8, 4) is 0 Å². The molecule has 1 aliphatic heterocycles. The van der Waals surface area contributed by atoms with E-state index in [1.807, 2.05) is 17.2 Å². The monoisotopic (exact) mass is 225 g/mol. The number of amides is 1. The molecule has 1 aliphatic rings. The SMILES string of the molecule is CCC(N)c1nc(C(=O)N2CCC2)cs1. The second kappa shape index (κ2) is 4.28. The van der Waals surface area contributed by atoms with Crippen LogP contribution in [0.2, 0.25) is 0 Å². The van der Waals surface area contributed by atoms with Crippen LogP contribution in [0.4, 0.5) is 0 Å². The lowest BCUT2D eigenvalue weighted by atomic mass is 10.2. The third kappa shape index (κ3) is 2.03. The van der Waals surface area contributed by atoms with E-state index >= 15 is 0 Å². The van der Waals surface area contributed by atoms with E-state index in [4.69, 9.17) is 5.73 Å². The van der Waals surface area contributed by atoms with E-state index in [2.05, 4.69) is 4.98 Å². The fourth-order valence-electron chi connectivity index (χ4n) is 1.41. The zero-order valence-corrected chi connectivity index (χ0v) is 9.59. The third-order valence-electron chi connectivity index (χ3n) is 2.64. The summed E-state index contributed by atoms with van der Waals surface area (Å²) in [5.41, 5.74) is 6.41. The number of carbonyl (C=O) groups is 1. The highest BCUT2D eigenvalue weighted by molar-refractivity contribution is 7.09. The minimum Gasteiger partial charge on any atom is -0.337 e. The van der Waals surface area contributed by atoms with Gasteiger partial charge in [0, 0.05) is 18.5 Å². The molecule has 1 aromatic heterocycles. The number of nitrogens with zero attached hydrogens (tertiary/aromatic N) is 2. The molecule has 2 heterocycles. The van der Waals surface area contributed by atoms with Crippen LogP contribution in [0, 0.1) is 0 Å². The Labute approximate surface area is 93.1 Å². The van der Waals surface area contributed by atoms with Crippen LogP contribution >= 0.6 is 11.3 Å². The second-order valence-corrected chi connectivity index (χ2v) is 4.62. The standard InChI is InChI=1S/C10H15N3OS/c1-2-7(11)9-12-8(6-15-9)10(14)13-4-3-5-13/h6-7H,2-5,11H2,1H3. The van der Waals surface area contributed by atoms with Gasteiger partial charge in [0.15, 0.2) is 0 Å². The quantitative estimate of drug-likeness (QED) is 0.846. The Hall–Kier alpha value is -0.940. The molecule has 0 spiro atoms. The lowest BCUT2D eigenvalue weighted by Gasteiger charge is -2.30. The van der Waals surface area contributed by atoms with Gasteiger partial charge in [0.05, 0.1) is 6.04 Å². The molecule has 1 fully saturated rings. The van der Waals surface area contributed by atoms with Gasteiger partial charge < -0.3 is 10.6 Å². The van der Waals surface area contributed by atoms with Gasteiger partial charge in [-0.15, -0.1) is 11.3 Å². The Bertz CT molecular complexity index is 359. The van der Waals surface area contributed by atoms with E-state index < -0.39 is 0 Å². The van der Waals surface area contributed by atoms with Crippen LogP contribution in [0.1, 0.15) is 41.3 Å². The first kappa shape index (κ1) is 10.6. The summed E-state index contributed by atoms with van der Waals surface area (Å²) in [6.07, 6.45) is 1.96. The normalized spacial score (nSPS) is 17.3. The Balaban J connectivity index is 2.08. The minimum atomic E-state index is -0.0343. The second-order valence-electron chi connectivity index (χ2n) is 3.73. The van der Waals surface area contributed by atoms with Crippen molar-refractivity contribution in [3.05, 3.63) is 16.1 Å². The summed E-state index contributed by atoms with van der Waals surface area (Å²) in [5, 5.41) is 2.67. The van der Waals surface area contributed by atoms with Crippen molar-refractivity contribution in [2.45, 2.75) is 25.8 Å². The number of rotatable bonds is 3. The van der Waals surface area contributed by atoms with Gasteiger partial charge in [-0.1, -0.05) is 6.92 Å². The van der Waals surface area contributed by atoms with E-state index in [-0.39, 0.29) is 11.9 Å². The summed E-state index contributed by atoms with van der Waals surface area (Å²) in [7, 11) is 0. The molecular weight excluding hydrogens is 210 g/mol. The molecule has 82 valence electrons. The van der Waals surface area contributed by atoms with Crippen molar-refractivity contribution in [1.29, 1.82) is 0 Å². The first-order chi connectivity index (χ1) is 7.22. The Morgan fingerprint density at radius 1 is 1.73 bits per heavy atom. The lowest BCUT2D eigenvalue weighted by molar-refractivity contribution is 0.0646. The molecule has 15 heavy (non-hydrogen) atoms. The van der Waals surface area contributed by atoms with E-state index in [0.29, 0.717) is 5.69 Å². The summed E-state index contributed by atoms with van der Waals surface area (Å²) in [6.45, 7) is 3.75. The number of aromatic nitrogens is 1. The smallest absolute Gasteiger partial charge is 0.273 e. The zero-order chi connectivity index (χ0) is 10.8. The highest BCUT2D eigenvalue weighted by Gasteiger charge is 2.24. The van der Waals surface area contributed by atoms with Crippen molar-refractivity contribution >= 4 is 17.2 Å². The highest BCUT2D eigenvalue weighted by atomic mass is 32.1. The summed E-state index contributed by atoms with van der Waals surface area (Å²) in [6, 6.07) is -0.0343. The number of likely N-dealkylation sites (tertiary alicyclic amines) is 1. The van der Waals surface area contributed by atoms with E-state index in [1.54, 1.807) is 0 Å². The molecule has 1 aromatic rings. The summed E-state index contributed by atoms with van der Waals surface area (Å²) in [5.74, 6) is 0.0482. The van der Waals surface area contributed by atoms with Gasteiger partial charge in [0.25, 0.3) is 5.91 Å². The van der Waals surface area contributed by atoms with E-state index in [1.165, 1.54) is 11.3 Å². The largest absolute Gasteiger partial charge is 0.337 e. The van der Waals surface area contributed by atoms with Crippen LogP contribution in [-0.4, -0.2) is 28.9 Å². The Morgan fingerprint density at radius 3 is 3.00 bits per heavy atom. The van der Waals surface area contributed by atoms with Crippen molar-refractivity contribution in [2.24, 2.45) is 5.73 Å². The molecule has 1 unspecified atom stereocenters. The van der Waals surface area contributed by atoms with Crippen LogP contribution in [0.3, 0.4) is 0 Å². The fourth-order valence-corrected chi connectivity index (χ4v) is 2.29. The number of hydrogen-bond donors (Lipinski definition) is 1. The molecule has 0 saturated carbocycles. The maximum atomic E-state index is 11.8. The molecule has 2 rings (SSSR count). The van der Waals surface area contributed by atoms with Crippen LogP contribution in [0.15, 0.2) is 5.38 Å². The van der Waals surface area contributed by atoms with Crippen molar-refractivity contribution in [2.75, 3.05) is 13.1 Å². The molecule has 4 nitrogen and oxygen atoms in total. The van der Waals surface area contributed by atoms with Crippen molar-refractivity contribution < 1.29 is 4.79 Å². The molecule has 0 aromatic carbocycles. The predicted octanol–water partition coefficient (Wildman–Crippen LogP) is 1.40. The first-order valence-corrected chi connectivity index (χ1v) is 6.10. The van der Waals surface area contributed by atoms with Gasteiger partial charge in [0.2, 0.25) is 0 Å². The van der Waals surface area contributed by atoms with Gasteiger partial charge in [-0.25, -0.2) is 4.98 Å². The van der Waals surface area contributed by atoms with Gasteiger partial charge in [0.1, 0.15) is 10.7 Å². The third-order valence-corrected chi connectivity index (χ3v) is 3.62. The summed E-state index contributed by atoms with van der Waals surface area (Å²) in [4.78, 5) is 17.9. The highest BCUT2D eigenvalue weighted by Crippen LogP contribution is 2.20. The van der Waals surface area contributed by atoms with Gasteiger partial charge >= 0.3 is 0 Å². The van der Waals surface area contributed by atoms with Gasteiger partial charge in [-0.3, -0.25) is 4.79 Å². The molecule has 1 saturated heterocycles. The van der Waals surface area contributed by atoms with Crippen molar-refractivity contribution in [1.82, 2.24) is 9.88 Å². The number of nitrogens with two attached hydrogens (primary N) is 1. The molecule has 1 atom stereocenters. The average Bonchev–Trinajstić information content (AvgIpc) is 2.62. The minimum absolute atomic E-state index is 0.0343. The maximum Gasteiger partial charge on any atom is 0.273 e. The van der Waals surface area contributed by atoms with E-state index in [9.17, 15) is 4.79 Å². The first-order valence-electron chi connectivity index (χ1n) is 5.22. The number of thiazole rings is 1. The fraction of sp³-hybridized carbons (Fsp3) is 0.600. The average molecular weight is 225 g/mol. The molecule has 0 aliphatic carbocycles. The van der Waals surface area contributed by atoms with Gasteiger partial charge in [-0.05, 0) is 12.8 Å². The maximum absolute atomic E-state index is 11.8. The lowest BCUT2D eigenvalue weighted by Crippen LogP contribution is -2.42. The molecule has 1 amide bonds. The van der Waals surface area contributed by atoms with Gasteiger partial charge in [-0.2, -0.15) is 0 Å². The van der Waals surface area contributed by atoms with Crippen LogP contribution in [0.5, 0.6) is 0 Å². The van der Waals surface area contributed by atoms with Crippen LogP contribution in [-0.2, 0) is 0 Å². The summed E-state index contributed by atoms with van der Waals surface area (Å²) < 4.78 is 0. The molecule has 2 N–H and O–H groups in total.